The number of hydrogen-bond acceptors (Lipinski definition) is 2. The lowest BCUT2D eigenvalue weighted by atomic mass is 9.81. The Morgan fingerprint density at radius 1 is 1.05 bits per heavy atom. The molecule has 0 aliphatic heterocycles. The monoisotopic (exact) mass is 274 g/mol. The molecular weight excluding hydrogens is 244 g/mol. The van der Waals surface area contributed by atoms with Crippen LogP contribution in [0.5, 0.6) is 0 Å². The normalized spacial score (nSPS) is 23.4. The maximum absolute atomic E-state index is 5.79. The minimum Gasteiger partial charge on any atom is -0.330 e. The van der Waals surface area contributed by atoms with Crippen LogP contribution in [0.15, 0.2) is 30.3 Å². The van der Waals surface area contributed by atoms with Gasteiger partial charge in [-0.2, -0.15) is 0 Å². The third kappa shape index (κ3) is 4.60. The molecule has 0 aromatic heterocycles. The molecule has 2 nitrogen and oxygen atoms in total. The van der Waals surface area contributed by atoms with E-state index in [1.807, 2.05) is 0 Å². The molecule has 20 heavy (non-hydrogen) atoms. The minimum atomic E-state index is 0.613. The zero-order chi connectivity index (χ0) is 14.4. The Kier molecular flexibility index (Phi) is 6.06. The lowest BCUT2D eigenvalue weighted by Gasteiger charge is -2.34. The van der Waals surface area contributed by atoms with Crippen molar-refractivity contribution in [2.24, 2.45) is 17.6 Å². The molecule has 0 spiro atoms. The minimum absolute atomic E-state index is 0.613. The Bertz CT molecular complexity index is 366. The molecule has 0 saturated heterocycles. The summed E-state index contributed by atoms with van der Waals surface area (Å²) in [6, 6.07) is 11.5. The second kappa shape index (κ2) is 7.80. The first-order valence-corrected chi connectivity index (χ1v) is 8.17. The number of nitrogens with two attached hydrogens (primary N) is 1. The van der Waals surface area contributed by atoms with Gasteiger partial charge < -0.3 is 5.73 Å². The van der Waals surface area contributed by atoms with Gasteiger partial charge in [-0.05, 0) is 63.5 Å². The van der Waals surface area contributed by atoms with Crippen LogP contribution in [0.4, 0.5) is 0 Å². The summed E-state index contributed by atoms with van der Waals surface area (Å²) in [5, 5.41) is 0. The molecule has 2 heteroatoms. The molecule has 2 N–H and O–H groups in total. The van der Waals surface area contributed by atoms with Crippen LogP contribution in [-0.2, 0) is 6.54 Å². The van der Waals surface area contributed by atoms with E-state index in [2.05, 4.69) is 49.1 Å². The molecule has 1 aliphatic rings. The maximum atomic E-state index is 5.79. The van der Waals surface area contributed by atoms with E-state index in [1.165, 1.54) is 37.8 Å². The van der Waals surface area contributed by atoms with Gasteiger partial charge >= 0.3 is 0 Å². The molecule has 0 atom stereocenters. The van der Waals surface area contributed by atoms with Crippen molar-refractivity contribution >= 4 is 0 Å². The van der Waals surface area contributed by atoms with Gasteiger partial charge in [-0.3, -0.25) is 4.90 Å². The Morgan fingerprint density at radius 3 is 2.20 bits per heavy atom. The van der Waals surface area contributed by atoms with E-state index in [0.717, 1.165) is 24.9 Å². The van der Waals surface area contributed by atoms with E-state index in [1.54, 1.807) is 0 Å². The van der Waals surface area contributed by atoms with Crippen molar-refractivity contribution < 1.29 is 0 Å². The van der Waals surface area contributed by atoms with Gasteiger partial charge in [0.2, 0.25) is 0 Å². The third-order valence-electron chi connectivity index (χ3n) is 4.75. The van der Waals surface area contributed by atoms with Gasteiger partial charge in [-0.25, -0.2) is 0 Å². The first-order chi connectivity index (χ1) is 9.69. The molecule has 0 bridgehead atoms. The predicted molar refractivity (Wildman–Crippen MR) is 86.5 cm³/mol. The van der Waals surface area contributed by atoms with Crippen LogP contribution in [0.25, 0.3) is 0 Å². The Balaban J connectivity index is 1.87. The van der Waals surface area contributed by atoms with Crippen molar-refractivity contribution in [2.45, 2.75) is 52.1 Å². The highest BCUT2D eigenvalue weighted by atomic mass is 15.1. The molecule has 1 aromatic rings. The second-order valence-electron chi connectivity index (χ2n) is 6.63. The lowest BCUT2D eigenvalue weighted by Crippen LogP contribution is -2.36. The molecule has 1 saturated carbocycles. The van der Waals surface area contributed by atoms with Gasteiger partial charge in [0.25, 0.3) is 0 Å². The quantitative estimate of drug-likeness (QED) is 0.857. The average molecular weight is 274 g/mol. The largest absolute Gasteiger partial charge is 0.330 e. The van der Waals surface area contributed by atoms with Crippen molar-refractivity contribution in [1.29, 1.82) is 0 Å². The zero-order valence-corrected chi connectivity index (χ0v) is 13.1. The standard InChI is InChI=1S/C18H30N2/c1-15(2)20(13-17-6-4-3-5-7-17)14-18-10-8-16(12-19)9-11-18/h3-7,15-16,18H,8-14,19H2,1-2H3. The van der Waals surface area contributed by atoms with Gasteiger partial charge in [0.05, 0.1) is 0 Å². The van der Waals surface area contributed by atoms with Crippen LogP contribution in [-0.4, -0.2) is 24.0 Å². The van der Waals surface area contributed by atoms with Crippen molar-refractivity contribution in [3.05, 3.63) is 35.9 Å². The van der Waals surface area contributed by atoms with E-state index in [-0.39, 0.29) is 0 Å². The van der Waals surface area contributed by atoms with Gasteiger partial charge in [0, 0.05) is 19.1 Å². The lowest BCUT2D eigenvalue weighted by molar-refractivity contribution is 0.146. The highest BCUT2D eigenvalue weighted by molar-refractivity contribution is 5.14. The van der Waals surface area contributed by atoms with Crippen LogP contribution in [0.1, 0.15) is 45.1 Å². The zero-order valence-electron chi connectivity index (χ0n) is 13.1. The van der Waals surface area contributed by atoms with E-state index >= 15 is 0 Å². The molecule has 1 aromatic carbocycles. The maximum Gasteiger partial charge on any atom is 0.0236 e. The van der Waals surface area contributed by atoms with Gasteiger partial charge in [0.1, 0.15) is 0 Å². The van der Waals surface area contributed by atoms with Crippen LogP contribution in [0, 0.1) is 11.8 Å². The van der Waals surface area contributed by atoms with Crippen LogP contribution in [0.3, 0.4) is 0 Å². The fourth-order valence-electron chi connectivity index (χ4n) is 3.26. The topological polar surface area (TPSA) is 29.3 Å². The number of benzene rings is 1. The Labute approximate surface area is 124 Å². The summed E-state index contributed by atoms with van der Waals surface area (Å²) in [7, 11) is 0. The summed E-state index contributed by atoms with van der Waals surface area (Å²) in [5.74, 6) is 1.65. The summed E-state index contributed by atoms with van der Waals surface area (Å²) in [6.45, 7) is 7.83. The van der Waals surface area contributed by atoms with E-state index in [9.17, 15) is 0 Å². The molecule has 0 amide bonds. The van der Waals surface area contributed by atoms with Crippen LogP contribution >= 0.6 is 0 Å². The van der Waals surface area contributed by atoms with E-state index in [0.29, 0.717) is 6.04 Å². The summed E-state index contributed by atoms with van der Waals surface area (Å²) in [4.78, 5) is 2.63. The van der Waals surface area contributed by atoms with Crippen molar-refractivity contribution in [2.75, 3.05) is 13.1 Å². The molecule has 1 fully saturated rings. The predicted octanol–water partition coefficient (Wildman–Crippen LogP) is 3.66. The molecule has 0 unspecified atom stereocenters. The first kappa shape index (κ1) is 15.5. The van der Waals surface area contributed by atoms with Crippen LogP contribution in [0.2, 0.25) is 0 Å². The Hall–Kier alpha value is -0.860. The van der Waals surface area contributed by atoms with Gasteiger partial charge in [-0.1, -0.05) is 30.3 Å². The summed E-state index contributed by atoms with van der Waals surface area (Å²) >= 11 is 0. The summed E-state index contributed by atoms with van der Waals surface area (Å²) < 4.78 is 0. The smallest absolute Gasteiger partial charge is 0.0236 e. The third-order valence-corrected chi connectivity index (χ3v) is 4.75. The van der Waals surface area contributed by atoms with Crippen LogP contribution < -0.4 is 5.73 Å². The highest BCUT2D eigenvalue weighted by Gasteiger charge is 2.23. The molecule has 1 aliphatic carbocycles. The molecule has 0 heterocycles. The SMILES string of the molecule is CC(C)N(Cc1ccccc1)CC1CCC(CN)CC1. The van der Waals surface area contributed by atoms with Crippen molar-refractivity contribution in [3.8, 4) is 0 Å². The summed E-state index contributed by atoms with van der Waals surface area (Å²) in [5.41, 5.74) is 7.22. The first-order valence-electron chi connectivity index (χ1n) is 8.17. The van der Waals surface area contributed by atoms with Gasteiger partial charge in [-0.15, -0.1) is 0 Å². The van der Waals surface area contributed by atoms with Crippen molar-refractivity contribution in [3.63, 3.8) is 0 Å². The summed E-state index contributed by atoms with van der Waals surface area (Å²) in [6.07, 6.45) is 5.39. The Morgan fingerprint density at radius 2 is 1.65 bits per heavy atom. The molecular formula is C18H30N2. The van der Waals surface area contributed by atoms with Gasteiger partial charge in [0.15, 0.2) is 0 Å². The number of nitrogens with zero attached hydrogens (tertiary/aromatic N) is 1. The molecule has 112 valence electrons. The average Bonchev–Trinajstić information content (AvgIpc) is 2.48. The molecule has 2 rings (SSSR count). The highest BCUT2D eigenvalue weighted by Crippen LogP contribution is 2.29. The van der Waals surface area contributed by atoms with E-state index in [4.69, 9.17) is 5.73 Å². The second-order valence-corrected chi connectivity index (χ2v) is 6.63. The number of rotatable bonds is 6. The fourth-order valence-corrected chi connectivity index (χ4v) is 3.26. The fraction of sp³-hybridized carbons (Fsp3) is 0.667. The molecule has 0 radical (unpaired) electrons. The number of hydrogen-bond donors (Lipinski definition) is 1. The van der Waals surface area contributed by atoms with E-state index < -0.39 is 0 Å². The van der Waals surface area contributed by atoms with Crippen molar-refractivity contribution in [1.82, 2.24) is 4.90 Å².